The zero-order valence-corrected chi connectivity index (χ0v) is 12.8. The smallest absolute Gasteiger partial charge is 0.278 e. The van der Waals surface area contributed by atoms with Crippen LogP contribution in [0.25, 0.3) is 0 Å². The zero-order valence-electron chi connectivity index (χ0n) is 12.8. The molecule has 1 aliphatic rings. The summed E-state index contributed by atoms with van der Waals surface area (Å²) in [4.78, 5) is 37.4. The number of carbonyl (C=O) groups excluding carboxylic acids is 3. The minimum Gasteiger partial charge on any atom is -0.385 e. The second-order valence-electron chi connectivity index (χ2n) is 4.73. The molecule has 9 nitrogen and oxygen atoms in total. The Labute approximate surface area is 128 Å². The van der Waals surface area contributed by atoms with Gasteiger partial charge in [-0.15, -0.1) is 0 Å². The van der Waals surface area contributed by atoms with E-state index in [9.17, 15) is 14.4 Å². The molecular formula is C13H22N4O5. The number of nitrogens with one attached hydrogen (secondary N) is 1. The van der Waals surface area contributed by atoms with Gasteiger partial charge in [0.05, 0.1) is 0 Å². The van der Waals surface area contributed by atoms with Gasteiger partial charge in [0.15, 0.2) is 5.92 Å². The van der Waals surface area contributed by atoms with E-state index in [0.717, 1.165) is 4.90 Å². The van der Waals surface area contributed by atoms with Gasteiger partial charge in [0.1, 0.15) is 5.71 Å². The summed E-state index contributed by atoms with van der Waals surface area (Å²) >= 11 is 0. The summed E-state index contributed by atoms with van der Waals surface area (Å²) in [5, 5.41) is 5.91. The second-order valence-corrected chi connectivity index (χ2v) is 4.73. The molecular weight excluding hydrogens is 292 g/mol. The number of carbonyl (C=O) groups is 3. The van der Waals surface area contributed by atoms with Crippen LogP contribution in [0, 0.1) is 5.92 Å². The molecule has 1 fully saturated rings. The standard InChI is InChI=1S/C13H22N4O5/c1-21-7-3-5-15-11(18)9-10(16-14)13(20)17(12(9)19)6-4-8-22-2/h9H,3-8,14H2,1-2H3,(H,15,18). The third kappa shape index (κ3) is 4.25. The minimum atomic E-state index is -1.28. The number of likely N-dealkylation sites (tertiary alicyclic amines) is 1. The Hall–Kier alpha value is -2.00. The van der Waals surface area contributed by atoms with Crippen molar-refractivity contribution >= 4 is 23.4 Å². The maximum atomic E-state index is 12.3. The van der Waals surface area contributed by atoms with Crippen molar-refractivity contribution in [3.63, 3.8) is 0 Å². The first kappa shape index (κ1) is 18.1. The van der Waals surface area contributed by atoms with Crippen LogP contribution >= 0.6 is 0 Å². The molecule has 0 spiro atoms. The van der Waals surface area contributed by atoms with Crippen LogP contribution in [0.5, 0.6) is 0 Å². The van der Waals surface area contributed by atoms with Crippen LogP contribution in [0.2, 0.25) is 0 Å². The molecule has 9 heteroatoms. The summed E-state index contributed by atoms with van der Waals surface area (Å²) in [6.07, 6.45) is 1.08. The van der Waals surface area contributed by atoms with Crippen molar-refractivity contribution < 1.29 is 23.9 Å². The predicted molar refractivity (Wildman–Crippen MR) is 77.8 cm³/mol. The van der Waals surface area contributed by atoms with E-state index >= 15 is 0 Å². The molecule has 3 amide bonds. The second kappa shape index (κ2) is 9.11. The molecule has 3 N–H and O–H groups in total. The number of ether oxygens (including phenoxy) is 2. The third-order valence-corrected chi connectivity index (χ3v) is 3.21. The molecule has 0 aromatic rings. The fraction of sp³-hybridized carbons (Fsp3) is 0.692. The lowest BCUT2D eigenvalue weighted by Gasteiger charge is -2.13. The van der Waals surface area contributed by atoms with E-state index in [-0.39, 0.29) is 12.3 Å². The number of imide groups is 1. The molecule has 124 valence electrons. The zero-order chi connectivity index (χ0) is 16.5. The molecule has 1 unspecified atom stereocenters. The summed E-state index contributed by atoms with van der Waals surface area (Å²) in [5.41, 5.74) is -0.230. The van der Waals surface area contributed by atoms with Gasteiger partial charge in [-0.25, -0.2) is 0 Å². The number of methoxy groups -OCH3 is 2. The summed E-state index contributed by atoms with van der Waals surface area (Å²) in [7, 11) is 3.08. The first-order valence-electron chi connectivity index (χ1n) is 6.97. The maximum absolute atomic E-state index is 12.3. The van der Waals surface area contributed by atoms with Gasteiger partial charge in [-0.1, -0.05) is 0 Å². The topological polar surface area (TPSA) is 123 Å². The quantitative estimate of drug-likeness (QED) is 0.175. The molecule has 0 bridgehead atoms. The minimum absolute atomic E-state index is 0.165. The average Bonchev–Trinajstić information content (AvgIpc) is 2.75. The van der Waals surface area contributed by atoms with Gasteiger partial charge >= 0.3 is 0 Å². The van der Waals surface area contributed by atoms with Crippen molar-refractivity contribution in [3.05, 3.63) is 0 Å². The van der Waals surface area contributed by atoms with Crippen LogP contribution in [0.3, 0.4) is 0 Å². The monoisotopic (exact) mass is 314 g/mol. The number of nitrogens with two attached hydrogens (primary N) is 1. The molecule has 0 aliphatic carbocycles. The highest BCUT2D eigenvalue weighted by atomic mass is 16.5. The Kier molecular flexibility index (Phi) is 7.47. The summed E-state index contributed by atoms with van der Waals surface area (Å²) in [6, 6.07) is 0. The number of hydrogen-bond acceptors (Lipinski definition) is 7. The average molecular weight is 314 g/mol. The Bertz CT molecular complexity index is 452. The number of nitrogens with zero attached hydrogens (tertiary/aromatic N) is 2. The predicted octanol–water partition coefficient (Wildman–Crippen LogP) is -1.52. The fourth-order valence-electron chi connectivity index (χ4n) is 2.11. The number of hydrazone groups is 1. The first-order chi connectivity index (χ1) is 10.6. The first-order valence-corrected chi connectivity index (χ1v) is 6.97. The molecule has 22 heavy (non-hydrogen) atoms. The van der Waals surface area contributed by atoms with Gasteiger partial charge in [0, 0.05) is 40.5 Å². The highest BCUT2D eigenvalue weighted by Gasteiger charge is 2.48. The highest BCUT2D eigenvalue weighted by Crippen LogP contribution is 2.18. The Morgan fingerprint density at radius 1 is 1.27 bits per heavy atom. The lowest BCUT2D eigenvalue weighted by molar-refractivity contribution is -0.141. The van der Waals surface area contributed by atoms with Crippen LogP contribution in [0.4, 0.5) is 0 Å². The van der Waals surface area contributed by atoms with Gasteiger partial charge < -0.3 is 20.6 Å². The maximum Gasteiger partial charge on any atom is 0.278 e. The largest absolute Gasteiger partial charge is 0.385 e. The molecule has 1 rings (SSSR count). The van der Waals surface area contributed by atoms with E-state index < -0.39 is 23.6 Å². The number of rotatable bonds is 9. The normalized spacial score (nSPS) is 20.0. The lowest BCUT2D eigenvalue weighted by atomic mass is 10.1. The Morgan fingerprint density at radius 2 is 1.91 bits per heavy atom. The summed E-state index contributed by atoms with van der Waals surface area (Å²) < 4.78 is 9.75. The van der Waals surface area contributed by atoms with Crippen LogP contribution in [0.15, 0.2) is 5.10 Å². The van der Waals surface area contributed by atoms with Gasteiger partial charge in [0.2, 0.25) is 11.8 Å². The Morgan fingerprint density at radius 3 is 2.50 bits per heavy atom. The molecule has 1 saturated heterocycles. The van der Waals surface area contributed by atoms with Gasteiger partial charge in [-0.3, -0.25) is 19.3 Å². The molecule has 0 aromatic heterocycles. The number of amides is 3. The van der Waals surface area contributed by atoms with E-state index in [1.54, 1.807) is 7.11 Å². The van der Waals surface area contributed by atoms with Crippen LogP contribution in [-0.2, 0) is 23.9 Å². The molecule has 0 radical (unpaired) electrons. The van der Waals surface area contributed by atoms with E-state index in [0.29, 0.717) is 32.6 Å². The van der Waals surface area contributed by atoms with Gasteiger partial charge in [0.25, 0.3) is 5.91 Å². The van der Waals surface area contributed by atoms with Crippen molar-refractivity contribution in [2.45, 2.75) is 12.8 Å². The summed E-state index contributed by atoms with van der Waals surface area (Å²) in [6.45, 7) is 1.39. The van der Waals surface area contributed by atoms with Gasteiger partial charge in [-0.2, -0.15) is 5.10 Å². The number of hydrogen-bond donors (Lipinski definition) is 2. The van der Waals surface area contributed by atoms with Crippen molar-refractivity contribution in [2.24, 2.45) is 16.9 Å². The van der Waals surface area contributed by atoms with Crippen LogP contribution < -0.4 is 11.2 Å². The molecule has 0 aromatic carbocycles. The fourth-order valence-corrected chi connectivity index (χ4v) is 2.11. The van der Waals surface area contributed by atoms with E-state index in [1.165, 1.54) is 7.11 Å². The van der Waals surface area contributed by atoms with Crippen LogP contribution in [-0.4, -0.2) is 68.9 Å². The van der Waals surface area contributed by atoms with Crippen molar-refractivity contribution in [1.82, 2.24) is 10.2 Å². The molecule has 1 aliphatic heterocycles. The van der Waals surface area contributed by atoms with Crippen molar-refractivity contribution in [1.29, 1.82) is 0 Å². The van der Waals surface area contributed by atoms with Crippen molar-refractivity contribution in [3.8, 4) is 0 Å². The summed E-state index contributed by atoms with van der Waals surface area (Å²) in [5.74, 6) is 2.09. The lowest BCUT2D eigenvalue weighted by Crippen LogP contribution is -2.39. The molecule has 0 saturated carbocycles. The third-order valence-electron chi connectivity index (χ3n) is 3.21. The van der Waals surface area contributed by atoms with Crippen LogP contribution in [0.1, 0.15) is 12.8 Å². The molecule has 1 heterocycles. The van der Waals surface area contributed by atoms with E-state index in [2.05, 4.69) is 10.4 Å². The molecule has 1 atom stereocenters. The highest BCUT2D eigenvalue weighted by molar-refractivity contribution is 6.54. The van der Waals surface area contributed by atoms with E-state index in [4.69, 9.17) is 15.3 Å². The Balaban J connectivity index is 2.70. The van der Waals surface area contributed by atoms with Crippen molar-refractivity contribution in [2.75, 3.05) is 40.5 Å². The SMILES string of the molecule is COCCCNC(=O)C1C(=O)N(CCCOC)C(=O)C1=NN. The van der Waals surface area contributed by atoms with Gasteiger partial charge in [-0.05, 0) is 12.8 Å². The van der Waals surface area contributed by atoms with E-state index in [1.807, 2.05) is 0 Å².